The number of carbonyl (C=O) groups is 1. The minimum absolute atomic E-state index is 0.0965. The van der Waals surface area contributed by atoms with Gasteiger partial charge in [-0.2, -0.15) is 13.2 Å². The topological polar surface area (TPSA) is 44.8 Å². The zero-order valence-corrected chi connectivity index (χ0v) is 14.9. The Labute approximate surface area is 159 Å². The van der Waals surface area contributed by atoms with Crippen molar-refractivity contribution in [1.82, 2.24) is 0 Å². The fourth-order valence-corrected chi connectivity index (χ4v) is 2.54. The zero-order valence-electron chi connectivity index (χ0n) is 14.2. The van der Waals surface area contributed by atoms with E-state index in [4.69, 9.17) is 21.1 Å². The quantitative estimate of drug-likeness (QED) is 0.427. The molecule has 0 saturated heterocycles. The molecule has 11 heteroatoms. The Morgan fingerprint density at radius 3 is 2.11 bits per heavy atom. The number of hydrogen-bond donors (Lipinski definition) is 0. The highest BCUT2D eigenvalue weighted by Gasteiger charge is 2.34. The van der Waals surface area contributed by atoms with E-state index in [1.165, 1.54) is 6.92 Å². The summed E-state index contributed by atoms with van der Waals surface area (Å²) in [6.45, 7) is 1.23. The Hall–Kier alpha value is -2.62. The number of benzene rings is 2. The lowest BCUT2D eigenvalue weighted by atomic mass is 10.0. The Bertz CT molecular complexity index is 892. The van der Waals surface area contributed by atoms with Crippen LogP contribution in [0.4, 0.5) is 26.3 Å². The van der Waals surface area contributed by atoms with Gasteiger partial charge in [-0.25, -0.2) is 0 Å². The standard InChI is InChI=1S/C17H11ClF6O4/c1-8-5-9(16(19,20)21)6-13(14(8)15(18)25)27-11-4-3-10(7-12(11)26-2)28-17(22,23)24/h3-7H,1-2H3. The molecule has 0 heterocycles. The molecule has 0 unspecified atom stereocenters. The van der Waals surface area contributed by atoms with Crippen molar-refractivity contribution in [2.24, 2.45) is 0 Å². The summed E-state index contributed by atoms with van der Waals surface area (Å²) in [6, 6.07) is 3.96. The molecule has 0 N–H and O–H groups in total. The highest BCUT2D eigenvalue weighted by atomic mass is 35.5. The maximum Gasteiger partial charge on any atom is 0.573 e. The number of halogens is 7. The largest absolute Gasteiger partial charge is 0.573 e. The first-order valence-corrected chi connectivity index (χ1v) is 7.73. The van der Waals surface area contributed by atoms with Crippen LogP contribution >= 0.6 is 11.6 Å². The van der Waals surface area contributed by atoms with Gasteiger partial charge in [-0.15, -0.1) is 13.2 Å². The van der Waals surface area contributed by atoms with E-state index in [1.54, 1.807) is 0 Å². The molecule has 0 atom stereocenters. The number of ether oxygens (including phenoxy) is 3. The number of methoxy groups -OCH3 is 1. The summed E-state index contributed by atoms with van der Waals surface area (Å²) in [4.78, 5) is 11.6. The summed E-state index contributed by atoms with van der Waals surface area (Å²) in [5, 5.41) is -1.07. The molecule has 152 valence electrons. The summed E-state index contributed by atoms with van der Waals surface area (Å²) in [7, 11) is 1.10. The highest BCUT2D eigenvalue weighted by Crippen LogP contribution is 2.41. The van der Waals surface area contributed by atoms with Gasteiger partial charge < -0.3 is 14.2 Å². The van der Waals surface area contributed by atoms with Crippen LogP contribution in [-0.4, -0.2) is 18.7 Å². The van der Waals surface area contributed by atoms with E-state index in [9.17, 15) is 31.1 Å². The number of aryl methyl sites for hydroxylation is 1. The Morgan fingerprint density at radius 2 is 1.61 bits per heavy atom. The molecule has 0 aliphatic rings. The fraction of sp³-hybridized carbons (Fsp3) is 0.235. The maximum atomic E-state index is 13.1. The summed E-state index contributed by atoms with van der Waals surface area (Å²) >= 11 is 5.44. The molecule has 4 nitrogen and oxygen atoms in total. The fourth-order valence-electron chi connectivity index (χ4n) is 2.30. The first kappa shape index (κ1) is 21.7. The van der Waals surface area contributed by atoms with Crippen LogP contribution in [0.5, 0.6) is 23.0 Å². The summed E-state index contributed by atoms with van der Waals surface area (Å²) in [5.74, 6) is -1.69. The smallest absolute Gasteiger partial charge is 0.493 e. The minimum atomic E-state index is -4.95. The van der Waals surface area contributed by atoms with E-state index in [2.05, 4.69) is 4.74 Å². The monoisotopic (exact) mass is 428 g/mol. The Morgan fingerprint density at radius 1 is 0.964 bits per heavy atom. The molecule has 0 fully saturated rings. The summed E-state index contributed by atoms with van der Waals surface area (Å²) in [5.41, 5.74) is -1.52. The molecular weight excluding hydrogens is 418 g/mol. The van der Waals surface area contributed by atoms with Gasteiger partial charge in [0.15, 0.2) is 11.5 Å². The van der Waals surface area contributed by atoms with Crippen LogP contribution in [0.2, 0.25) is 0 Å². The van der Waals surface area contributed by atoms with Crippen molar-refractivity contribution in [2.45, 2.75) is 19.5 Å². The number of rotatable bonds is 5. The highest BCUT2D eigenvalue weighted by molar-refractivity contribution is 6.68. The average molecular weight is 429 g/mol. The van der Waals surface area contributed by atoms with E-state index in [1.807, 2.05) is 0 Å². The first-order chi connectivity index (χ1) is 12.8. The SMILES string of the molecule is COc1cc(OC(F)(F)F)ccc1Oc1cc(C(F)(F)F)cc(C)c1C(=O)Cl. The minimum Gasteiger partial charge on any atom is -0.493 e. The van der Waals surface area contributed by atoms with E-state index in [0.717, 1.165) is 31.4 Å². The van der Waals surface area contributed by atoms with Gasteiger partial charge in [-0.1, -0.05) is 0 Å². The van der Waals surface area contributed by atoms with Gasteiger partial charge in [-0.3, -0.25) is 4.79 Å². The van der Waals surface area contributed by atoms with E-state index >= 15 is 0 Å². The van der Waals surface area contributed by atoms with E-state index in [0.29, 0.717) is 6.07 Å². The normalized spacial score (nSPS) is 11.9. The molecule has 0 radical (unpaired) electrons. The third-order valence-corrected chi connectivity index (χ3v) is 3.60. The van der Waals surface area contributed by atoms with Crippen molar-refractivity contribution in [2.75, 3.05) is 7.11 Å². The van der Waals surface area contributed by atoms with Crippen molar-refractivity contribution < 1.29 is 45.3 Å². The predicted octanol–water partition coefficient (Wildman–Crippen LogP) is 6.09. The van der Waals surface area contributed by atoms with Gasteiger partial charge in [0, 0.05) is 6.07 Å². The zero-order chi connectivity index (χ0) is 21.3. The van der Waals surface area contributed by atoms with E-state index < -0.39 is 34.8 Å². The molecule has 0 amide bonds. The lowest BCUT2D eigenvalue weighted by Gasteiger charge is -2.17. The average Bonchev–Trinajstić information content (AvgIpc) is 2.53. The second-order valence-corrected chi connectivity index (χ2v) is 5.74. The molecular formula is C17H11ClF6O4. The second kappa shape index (κ2) is 7.78. The van der Waals surface area contributed by atoms with Crippen LogP contribution in [0.25, 0.3) is 0 Å². The molecule has 0 aliphatic carbocycles. The molecule has 2 rings (SSSR count). The lowest BCUT2D eigenvalue weighted by Crippen LogP contribution is -2.17. The third-order valence-electron chi connectivity index (χ3n) is 3.41. The number of hydrogen-bond acceptors (Lipinski definition) is 4. The second-order valence-electron chi connectivity index (χ2n) is 5.40. The van der Waals surface area contributed by atoms with Gasteiger partial charge >= 0.3 is 12.5 Å². The van der Waals surface area contributed by atoms with Gasteiger partial charge in [0.05, 0.1) is 18.2 Å². The van der Waals surface area contributed by atoms with Gasteiger partial charge in [0.1, 0.15) is 11.5 Å². The molecule has 2 aromatic rings. The molecule has 0 saturated carbocycles. The van der Waals surface area contributed by atoms with Crippen molar-refractivity contribution in [3.8, 4) is 23.0 Å². The summed E-state index contributed by atoms with van der Waals surface area (Å²) < 4.78 is 90.1. The van der Waals surface area contributed by atoms with Crippen molar-refractivity contribution in [3.05, 3.63) is 47.0 Å². The maximum absolute atomic E-state index is 13.1. The van der Waals surface area contributed by atoms with Crippen molar-refractivity contribution >= 4 is 16.8 Å². The van der Waals surface area contributed by atoms with Crippen molar-refractivity contribution in [3.63, 3.8) is 0 Å². The van der Waals surface area contributed by atoms with Crippen LogP contribution in [0.1, 0.15) is 21.5 Å². The van der Waals surface area contributed by atoms with Crippen LogP contribution in [0.15, 0.2) is 30.3 Å². The van der Waals surface area contributed by atoms with Crippen molar-refractivity contribution in [1.29, 1.82) is 0 Å². The Balaban J connectivity index is 2.52. The molecule has 0 spiro atoms. The lowest BCUT2D eigenvalue weighted by molar-refractivity contribution is -0.274. The van der Waals surface area contributed by atoms with Gasteiger partial charge in [0.2, 0.25) is 0 Å². The third kappa shape index (κ3) is 5.22. The van der Waals surface area contributed by atoms with Gasteiger partial charge in [0.25, 0.3) is 5.24 Å². The van der Waals surface area contributed by atoms with Crippen LogP contribution in [-0.2, 0) is 6.18 Å². The number of carbonyl (C=O) groups excluding carboxylic acids is 1. The van der Waals surface area contributed by atoms with Crippen LogP contribution in [0, 0.1) is 6.92 Å². The molecule has 28 heavy (non-hydrogen) atoms. The molecule has 0 bridgehead atoms. The van der Waals surface area contributed by atoms with E-state index in [-0.39, 0.29) is 22.6 Å². The number of alkyl halides is 6. The van der Waals surface area contributed by atoms with Crippen LogP contribution < -0.4 is 14.2 Å². The Kier molecular flexibility index (Phi) is 6.03. The van der Waals surface area contributed by atoms with Crippen LogP contribution in [0.3, 0.4) is 0 Å². The first-order valence-electron chi connectivity index (χ1n) is 7.35. The molecule has 0 aromatic heterocycles. The predicted molar refractivity (Wildman–Crippen MR) is 86.1 cm³/mol. The molecule has 2 aromatic carbocycles. The molecule has 0 aliphatic heterocycles. The van der Waals surface area contributed by atoms with Gasteiger partial charge in [-0.05, 0) is 48.4 Å². The summed E-state index contributed by atoms with van der Waals surface area (Å²) in [6.07, 6.45) is -9.69.